The van der Waals surface area contributed by atoms with Crippen LogP contribution in [0.1, 0.15) is 40.0 Å². The van der Waals surface area contributed by atoms with Gasteiger partial charge in [-0.15, -0.1) is 0 Å². The third-order valence-electron chi connectivity index (χ3n) is 1.26. The Hall–Kier alpha value is -0.530. The lowest BCUT2D eigenvalue weighted by Crippen LogP contribution is -2.07. The second-order valence-corrected chi connectivity index (χ2v) is 2.96. The van der Waals surface area contributed by atoms with Crippen molar-refractivity contribution in [3.05, 3.63) is 5.92 Å². The summed E-state index contributed by atoms with van der Waals surface area (Å²) in [6.45, 7) is 6.51. The largest absolute Gasteiger partial charge is 0.466 e. The Kier molecular flexibility index (Phi) is 5.90. The first-order valence-corrected chi connectivity index (χ1v) is 4.11. The number of ether oxygens (including phenoxy) is 1. The van der Waals surface area contributed by atoms with E-state index in [0.717, 1.165) is 18.8 Å². The summed E-state index contributed by atoms with van der Waals surface area (Å²) in [6.07, 6.45) is 2.50. The number of esters is 1. The summed E-state index contributed by atoms with van der Waals surface area (Å²) in [5.41, 5.74) is 0. The van der Waals surface area contributed by atoms with Gasteiger partial charge in [0, 0.05) is 0 Å². The van der Waals surface area contributed by atoms with Gasteiger partial charge in [0.1, 0.15) is 0 Å². The highest BCUT2D eigenvalue weighted by Crippen LogP contribution is 2.03. The molecule has 11 heavy (non-hydrogen) atoms. The van der Waals surface area contributed by atoms with Crippen molar-refractivity contribution in [3.63, 3.8) is 0 Å². The summed E-state index contributed by atoms with van der Waals surface area (Å²) in [7, 11) is 0. The van der Waals surface area contributed by atoms with E-state index in [-0.39, 0.29) is 5.97 Å². The van der Waals surface area contributed by atoms with Crippen molar-refractivity contribution in [1.82, 2.24) is 0 Å². The van der Waals surface area contributed by atoms with E-state index in [1.54, 1.807) is 0 Å². The first-order valence-electron chi connectivity index (χ1n) is 4.11. The van der Waals surface area contributed by atoms with Crippen LogP contribution in [0.5, 0.6) is 0 Å². The SMILES string of the molecule is CCCCOC(=O)C[C](C)C. The molecular formula is C9H17O2. The Labute approximate surface area is 68.9 Å². The molecule has 0 atom stereocenters. The molecule has 0 aliphatic rings. The van der Waals surface area contributed by atoms with Gasteiger partial charge < -0.3 is 4.74 Å². The van der Waals surface area contributed by atoms with E-state index >= 15 is 0 Å². The zero-order valence-electron chi connectivity index (χ0n) is 7.64. The minimum atomic E-state index is -0.0987. The van der Waals surface area contributed by atoms with Gasteiger partial charge in [-0.05, 0) is 12.3 Å². The highest BCUT2D eigenvalue weighted by atomic mass is 16.5. The van der Waals surface area contributed by atoms with Gasteiger partial charge in [-0.2, -0.15) is 0 Å². The molecule has 0 N–H and O–H groups in total. The minimum Gasteiger partial charge on any atom is -0.466 e. The van der Waals surface area contributed by atoms with E-state index in [4.69, 9.17) is 4.74 Å². The van der Waals surface area contributed by atoms with Crippen molar-refractivity contribution >= 4 is 5.97 Å². The molecule has 0 unspecified atom stereocenters. The van der Waals surface area contributed by atoms with E-state index in [2.05, 4.69) is 6.92 Å². The zero-order valence-corrected chi connectivity index (χ0v) is 7.64. The summed E-state index contributed by atoms with van der Waals surface area (Å²) in [6, 6.07) is 0. The molecule has 0 bridgehead atoms. The minimum absolute atomic E-state index is 0.0987. The van der Waals surface area contributed by atoms with Gasteiger partial charge in [0.2, 0.25) is 0 Å². The molecule has 0 saturated carbocycles. The fourth-order valence-electron chi connectivity index (χ4n) is 0.670. The molecule has 0 heterocycles. The smallest absolute Gasteiger partial charge is 0.306 e. The molecule has 0 aliphatic carbocycles. The predicted octanol–water partition coefficient (Wildman–Crippen LogP) is 2.33. The Bertz CT molecular complexity index is 108. The van der Waals surface area contributed by atoms with E-state index in [9.17, 15) is 4.79 Å². The maximum Gasteiger partial charge on any atom is 0.306 e. The van der Waals surface area contributed by atoms with Gasteiger partial charge in [-0.25, -0.2) is 0 Å². The molecule has 0 amide bonds. The van der Waals surface area contributed by atoms with Crippen LogP contribution in [-0.4, -0.2) is 12.6 Å². The Balaban J connectivity index is 3.23. The highest BCUT2D eigenvalue weighted by Gasteiger charge is 2.04. The van der Waals surface area contributed by atoms with Crippen LogP contribution in [0.15, 0.2) is 0 Å². The number of rotatable bonds is 5. The van der Waals surface area contributed by atoms with Crippen LogP contribution in [0.2, 0.25) is 0 Å². The summed E-state index contributed by atoms with van der Waals surface area (Å²) in [5, 5.41) is 0. The van der Waals surface area contributed by atoms with Crippen LogP contribution in [0.3, 0.4) is 0 Å². The van der Waals surface area contributed by atoms with Crippen molar-refractivity contribution in [3.8, 4) is 0 Å². The molecule has 0 aromatic rings. The van der Waals surface area contributed by atoms with Gasteiger partial charge in [-0.3, -0.25) is 4.79 Å². The van der Waals surface area contributed by atoms with Crippen LogP contribution in [0, 0.1) is 5.92 Å². The number of unbranched alkanes of at least 4 members (excludes halogenated alkanes) is 1. The summed E-state index contributed by atoms with van der Waals surface area (Å²) in [5.74, 6) is 1.00. The molecule has 0 rings (SSSR count). The lowest BCUT2D eigenvalue weighted by atomic mass is 10.1. The molecule has 65 valence electrons. The quantitative estimate of drug-likeness (QED) is 0.452. The topological polar surface area (TPSA) is 26.3 Å². The molecule has 2 heteroatoms. The van der Waals surface area contributed by atoms with Crippen LogP contribution in [0.25, 0.3) is 0 Å². The molecule has 0 aromatic heterocycles. The molecule has 0 fully saturated rings. The average molecular weight is 157 g/mol. The highest BCUT2D eigenvalue weighted by molar-refractivity contribution is 5.71. The lowest BCUT2D eigenvalue weighted by molar-refractivity contribution is -0.143. The van der Waals surface area contributed by atoms with Crippen molar-refractivity contribution in [2.45, 2.75) is 40.0 Å². The number of carbonyl (C=O) groups excluding carboxylic acids is 1. The van der Waals surface area contributed by atoms with Crippen LogP contribution >= 0.6 is 0 Å². The van der Waals surface area contributed by atoms with Gasteiger partial charge >= 0.3 is 5.97 Å². The van der Waals surface area contributed by atoms with E-state index < -0.39 is 0 Å². The summed E-state index contributed by atoms with van der Waals surface area (Å²) >= 11 is 0. The standard InChI is InChI=1S/C9H17O2/c1-4-5-6-11-9(10)7-8(2)3/h4-7H2,1-3H3. The fraction of sp³-hybridized carbons (Fsp3) is 0.778. The second kappa shape index (κ2) is 6.20. The first kappa shape index (κ1) is 10.5. The zero-order chi connectivity index (χ0) is 8.69. The molecule has 0 aliphatic heterocycles. The molecule has 2 nitrogen and oxygen atoms in total. The Morgan fingerprint density at radius 1 is 1.36 bits per heavy atom. The van der Waals surface area contributed by atoms with Crippen molar-refractivity contribution in [2.75, 3.05) is 6.61 Å². The number of hydrogen-bond donors (Lipinski definition) is 0. The van der Waals surface area contributed by atoms with Gasteiger partial charge in [0.15, 0.2) is 0 Å². The molecular weight excluding hydrogens is 140 g/mol. The van der Waals surface area contributed by atoms with Crippen LogP contribution in [-0.2, 0) is 9.53 Å². The van der Waals surface area contributed by atoms with Gasteiger partial charge in [-0.1, -0.05) is 27.2 Å². The third-order valence-corrected chi connectivity index (χ3v) is 1.26. The van der Waals surface area contributed by atoms with Gasteiger partial charge in [0.05, 0.1) is 13.0 Å². The first-order chi connectivity index (χ1) is 5.16. The normalized spacial score (nSPS) is 10.2. The second-order valence-electron chi connectivity index (χ2n) is 2.96. The van der Waals surface area contributed by atoms with Crippen molar-refractivity contribution in [1.29, 1.82) is 0 Å². The van der Waals surface area contributed by atoms with E-state index in [1.165, 1.54) is 0 Å². The number of carbonyl (C=O) groups is 1. The molecule has 1 radical (unpaired) electrons. The van der Waals surface area contributed by atoms with Crippen LogP contribution in [0.4, 0.5) is 0 Å². The monoisotopic (exact) mass is 157 g/mol. The van der Waals surface area contributed by atoms with Gasteiger partial charge in [0.25, 0.3) is 0 Å². The third kappa shape index (κ3) is 7.37. The number of hydrogen-bond acceptors (Lipinski definition) is 2. The molecule has 0 spiro atoms. The molecule has 0 aromatic carbocycles. The Morgan fingerprint density at radius 3 is 2.45 bits per heavy atom. The Morgan fingerprint density at radius 2 is 2.00 bits per heavy atom. The van der Waals surface area contributed by atoms with E-state index in [0.29, 0.717) is 13.0 Å². The average Bonchev–Trinajstić information content (AvgIpc) is 1.86. The lowest BCUT2D eigenvalue weighted by Gasteiger charge is -2.04. The summed E-state index contributed by atoms with van der Waals surface area (Å²) in [4.78, 5) is 10.9. The fourth-order valence-corrected chi connectivity index (χ4v) is 0.670. The van der Waals surface area contributed by atoms with Crippen molar-refractivity contribution in [2.24, 2.45) is 0 Å². The summed E-state index contributed by atoms with van der Waals surface area (Å²) < 4.78 is 4.93. The predicted molar refractivity (Wildman–Crippen MR) is 45.1 cm³/mol. The molecule has 0 saturated heterocycles. The maximum absolute atomic E-state index is 10.9. The van der Waals surface area contributed by atoms with Crippen LogP contribution < -0.4 is 0 Å². The van der Waals surface area contributed by atoms with Crippen molar-refractivity contribution < 1.29 is 9.53 Å². The van der Waals surface area contributed by atoms with E-state index in [1.807, 2.05) is 13.8 Å². The maximum atomic E-state index is 10.9.